The molecule has 0 saturated heterocycles. The van der Waals surface area contributed by atoms with E-state index in [9.17, 15) is 0 Å². The number of nitrogens with zero attached hydrogens (tertiary/aromatic N) is 1. The van der Waals surface area contributed by atoms with Gasteiger partial charge in [0.15, 0.2) is 6.79 Å². The van der Waals surface area contributed by atoms with Gasteiger partial charge in [-0.2, -0.15) is 0 Å². The second kappa shape index (κ2) is 7.44. The van der Waals surface area contributed by atoms with Crippen LogP contribution in [0.25, 0.3) is 0 Å². The first kappa shape index (κ1) is 15.8. The average Bonchev–Trinajstić information content (AvgIpc) is 2.48. The molecule has 112 valence electrons. The Balaban J connectivity index is 2.30. The number of hydrogen-bond acceptors (Lipinski definition) is 3. The number of hydrogen-bond donors (Lipinski definition) is 0. The first-order valence-corrected chi connectivity index (χ1v) is 7.87. The highest BCUT2D eigenvalue weighted by molar-refractivity contribution is 7.56. The smallest absolute Gasteiger partial charge is 0.188 e. The van der Waals surface area contributed by atoms with Gasteiger partial charge < -0.3 is 14.4 Å². The monoisotopic (exact) mass is 303 g/mol. The summed E-state index contributed by atoms with van der Waals surface area (Å²) in [5.74, 6) is 0.892. The molecule has 0 amide bonds. The van der Waals surface area contributed by atoms with E-state index in [1.54, 1.807) is 7.11 Å². The summed E-state index contributed by atoms with van der Waals surface area (Å²) in [6.07, 6.45) is 0. The Morgan fingerprint density at radius 3 is 2.52 bits per heavy atom. The van der Waals surface area contributed by atoms with Gasteiger partial charge in [0, 0.05) is 37.5 Å². The molecule has 0 aliphatic rings. The van der Waals surface area contributed by atoms with Crippen LogP contribution < -0.4 is 20.2 Å². The lowest BCUT2D eigenvalue weighted by Gasteiger charge is -2.19. The van der Waals surface area contributed by atoms with Crippen LogP contribution in [0.15, 0.2) is 42.5 Å². The SMILES string of the molecule is COCOc1ccccc1Pc1ccc(C)cc1N(C)C. The molecule has 0 N–H and O–H groups in total. The molecular formula is C17H22NO2P. The van der Waals surface area contributed by atoms with Crippen LogP contribution in [0.5, 0.6) is 5.75 Å². The van der Waals surface area contributed by atoms with Gasteiger partial charge in [-0.25, -0.2) is 0 Å². The summed E-state index contributed by atoms with van der Waals surface area (Å²) in [6.45, 7) is 2.39. The molecule has 2 rings (SSSR count). The van der Waals surface area contributed by atoms with E-state index in [0.717, 1.165) is 5.75 Å². The quantitative estimate of drug-likeness (QED) is 0.605. The maximum atomic E-state index is 5.65. The van der Waals surface area contributed by atoms with Crippen LogP contribution in [0.1, 0.15) is 5.56 Å². The minimum absolute atomic E-state index is 0.274. The van der Waals surface area contributed by atoms with E-state index in [1.165, 1.54) is 21.9 Å². The van der Waals surface area contributed by atoms with Crippen LogP contribution in [0.2, 0.25) is 0 Å². The highest BCUT2D eigenvalue weighted by atomic mass is 31.1. The van der Waals surface area contributed by atoms with Crippen LogP contribution in [-0.2, 0) is 4.74 Å². The van der Waals surface area contributed by atoms with Crippen LogP contribution in [-0.4, -0.2) is 28.0 Å². The van der Waals surface area contributed by atoms with Gasteiger partial charge in [0.05, 0.1) is 0 Å². The van der Waals surface area contributed by atoms with Crippen molar-refractivity contribution in [3.63, 3.8) is 0 Å². The number of rotatable bonds is 6. The third-order valence-electron chi connectivity index (χ3n) is 3.12. The van der Waals surface area contributed by atoms with Crippen molar-refractivity contribution in [1.29, 1.82) is 0 Å². The summed E-state index contributed by atoms with van der Waals surface area (Å²) < 4.78 is 10.7. The van der Waals surface area contributed by atoms with Gasteiger partial charge in [0.2, 0.25) is 0 Å². The van der Waals surface area contributed by atoms with Crippen LogP contribution >= 0.6 is 8.58 Å². The van der Waals surface area contributed by atoms with Crippen molar-refractivity contribution in [2.24, 2.45) is 0 Å². The second-order valence-corrected chi connectivity index (χ2v) is 6.41. The first-order chi connectivity index (χ1) is 10.1. The summed E-state index contributed by atoms with van der Waals surface area (Å²) in [5, 5.41) is 2.51. The number of methoxy groups -OCH3 is 1. The van der Waals surface area contributed by atoms with Crippen LogP contribution in [0, 0.1) is 6.92 Å². The molecule has 0 heterocycles. The molecule has 0 saturated carbocycles. The zero-order valence-electron chi connectivity index (χ0n) is 13.0. The predicted octanol–water partition coefficient (Wildman–Crippen LogP) is 2.67. The van der Waals surface area contributed by atoms with Gasteiger partial charge in [-0.3, -0.25) is 0 Å². The maximum Gasteiger partial charge on any atom is 0.188 e. The maximum absolute atomic E-state index is 5.65. The summed E-state index contributed by atoms with van der Waals surface area (Å²) in [6, 6.07) is 14.7. The number of ether oxygens (including phenoxy) is 2. The summed E-state index contributed by atoms with van der Waals surface area (Å²) in [4.78, 5) is 2.16. The van der Waals surface area contributed by atoms with Gasteiger partial charge >= 0.3 is 0 Å². The molecule has 3 nitrogen and oxygen atoms in total. The van der Waals surface area contributed by atoms with Gasteiger partial charge in [-0.05, 0) is 24.6 Å². The molecule has 0 aliphatic carbocycles. The molecule has 4 heteroatoms. The minimum atomic E-state index is 0.274. The largest absolute Gasteiger partial charge is 0.467 e. The second-order valence-electron chi connectivity index (χ2n) is 5.09. The predicted molar refractivity (Wildman–Crippen MR) is 92.0 cm³/mol. The highest BCUT2D eigenvalue weighted by Crippen LogP contribution is 2.24. The number of anilines is 1. The summed E-state index contributed by atoms with van der Waals surface area (Å²) in [5.41, 5.74) is 2.53. The molecule has 21 heavy (non-hydrogen) atoms. The van der Waals surface area contributed by atoms with E-state index in [2.05, 4.69) is 50.2 Å². The molecule has 2 aromatic rings. The van der Waals surface area contributed by atoms with Crippen molar-refractivity contribution in [3.8, 4) is 5.75 Å². The Kier molecular flexibility index (Phi) is 5.60. The zero-order valence-corrected chi connectivity index (χ0v) is 14.0. The summed E-state index contributed by atoms with van der Waals surface area (Å²) in [7, 11) is 6.35. The Morgan fingerprint density at radius 2 is 1.81 bits per heavy atom. The molecule has 2 aromatic carbocycles. The first-order valence-electron chi connectivity index (χ1n) is 6.87. The van der Waals surface area contributed by atoms with E-state index in [-0.39, 0.29) is 6.79 Å². The van der Waals surface area contributed by atoms with Crippen molar-refractivity contribution >= 4 is 24.9 Å². The fourth-order valence-electron chi connectivity index (χ4n) is 2.08. The average molecular weight is 303 g/mol. The number of aryl methyl sites for hydroxylation is 1. The lowest BCUT2D eigenvalue weighted by atomic mass is 10.2. The molecular weight excluding hydrogens is 281 g/mol. The van der Waals surface area contributed by atoms with Crippen molar-refractivity contribution in [3.05, 3.63) is 48.0 Å². The van der Waals surface area contributed by atoms with Gasteiger partial charge in [0.1, 0.15) is 5.75 Å². The van der Waals surface area contributed by atoms with Gasteiger partial charge in [-0.1, -0.05) is 38.9 Å². The Labute approximate surface area is 128 Å². The van der Waals surface area contributed by atoms with E-state index in [0.29, 0.717) is 8.58 Å². The fourth-order valence-corrected chi connectivity index (χ4v) is 3.42. The normalized spacial score (nSPS) is 11.0. The van der Waals surface area contributed by atoms with E-state index in [4.69, 9.17) is 9.47 Å². The standard InChI is InChI=1S/C17H22NO2P/c1-13-9-10-16(14(11-13)18(2)3)21-17-8-6-5-7-15(17)20-12-19-4/h5-11,21H,12H2,1-4H3. The third-order valence-corrected chi connectivity index (χ3v) is 4.50. The zero-order chi connectivity index (χ0) is 15.2. The highest BCUT2D eigenvalue weighted by Gasteiger charge is 2.09. The summed E-state index contributed by atoms with van der Waals surface area (Å²) >= 11 is 0. The molecule has 0 spiro atoms. The Hall–Kier alpha value is -1.57. The molecule has 0 radical (unpaired) electrons. The number of benzene rings is 2. The number of para-hydroxylation sites is 1. The minimum Gasteiger partial charge on any atom is -0.467 e. The van der Waals surface area contributed by atoms with Crippen LogP contribution in [0.3, 0.4) is 0 Å². The topological polar surface area (TPSA) is 21.7 Å². The molecule has 1 unspecified atom stereocenters. The molecule has 1 atom stereocenters. The Morgan fingerprint density at radius 1 is 1.05 bits per heavy atom. The lowest BCUT2D eigenvalue weighted by Crippen LogP contribution is -2.18. The van der Waals surface area contributed by atoms with Crippen molar-refractivity contribution in [2.75, 3.05) is 32.9 Å². The lowest BCUT2D eigenvalue weighted by molar-refractivity contribution is 0.0519. The van der Waals surface area contributed by atoms with E-state index >= 15 is 0 Å². The molecule has 0 aliphatic heterocycles. The van der Waals surface area contributed by atoms with Crippen molar-refractivity contribution < 1.29 is 9.47 Å². The molecule has 0 fully saturated rings. The fraction of sp³-hybridized carbons (Fsp3) is 0.294. The van der Waals surface area contributed by atoms with Crippen molar-refractivity contribution in [2.45, 2.75) is 6.92 Å². The molecule has 0 aromatic heterocycles. The third kappa shape index (κ3) is 4.20. The van der Waals surface area contributed by atoms with E-state index in [1.807, 2.05) is 18.2 Å². The van der Waals surface area contributed by atoms with Gasteiger partial charge in [0.25, 0.3) is 0 Å². The Bertz CT molecular complexity index is 599. The van der Waals surface area contributed by atoms with E-state index < -0.39 is 0 Å². The molecule has 0 bridgehead atoms. The van der Waals surface area contributed by atoms with Crippen LogP contribution in [0.4, 0.5) is 5.69 Å². The van der Waals surface area contributed by atoms with Crippen molar-refractivity contribution in [1.82, 2.24) is 0 Å². The van der Waals surface area contributed by atoms with Gasteiger partial charge in [-0.15, -0.1) is 0 Å².